The van der Waals surface area contributed by atoms with Crippen LogP contribution in [0.4, 0.5) is 8.78 Å². The molecule has 0 saturated carbocycles. The fourth-order valence-electron chi connectivity index (χ4n) is 2.16. The molecule has 0 aliphatic rings. The van der Waals surface area contributed by atoms with Gasteiger partial charge in [-0.1, -0.05) is 0 Å². The zero-order valence-electron chi connectivity index (χ0n) is 12.2. The second-order valence-electron chi connectivity index (χ2n) is 4.33. The van der Waals surface area contributed by atoms with Crippen molar-refractivity contribution in [2.45, 2.75) is 0 Å². The van der Waals surface area contributed by atoms with Crippen LogP contribution in [-0.4, -0.2) is 21.3 Å². The minimum absolute atomic E-state index is 0.0522. The van der Waals surface area contributed by atoms with Crippen LogP contribution >= 0.6 is 0 Å². The van der Waals surface area contributed by atoms with E-state index < -0.39 is 11.6 Å². The molecule has 0 atom stereocenters. The summed E-state index contributed by atoms with van der Waals surface area (Å²) in [5.41, 5.74) is 0.0419. The maximum Gasteiger partial charge on any atom is 0.144 e. The van der Waals surface area contributed by atoms with E-state index in [1.165, 1.54) is 21.3 Å². The van der Waals surface area contributed by atoms with Crippen molar-refractivity contribution in [3.05, 3.63) is 41.5 Å². The highest BCUT2D eigenvalue weighted by molar-refractivity contribution is 5.82. The van der Waals surface area contributed by atoms with Gasteiger partial charge in [0.15, 0.2) is 0 Å². The Balaban J connectivity index is 2.85. The van der Waals surface area contributed by atoms with Crippen LogP contribution in [0.3, 0.4) is 0 Å². The Kier molecular flexibility index (Phi) is 4.47. The molecule has 0 spiro atoms. The number of benzene rings is 2. The lowest BCUT2D eigenvalue weighted by molar-refractivity contribution is 0.377. The van der Waals surface area contributed by atoms with Gasteiger partial charge in [0, 0.05) is 23.8 Å². The van der Waals surface area contributed by atoms with Crippen LogP contribution in [0.15, 0.2) is 24.3 Å². The van der Waals surface area contributed by atoms with E-state index in [9.17, 15) is 8.78 Å². The summed E-state index contributed by atoms with van der Waals surface area (Å²) in [5, 5.41) is 9.16. The Labute approximate surface area is 126 Å². The first-order valence-corrected chi connectivity index (χ1v) is 6.25. The zero-order chi connectivity index (χ0) is 16.3. The van der Waals surface area contributed by atoms with E-state index in [4.69, 9.17) is 19.5 Å². The molecular formula is C16H13F2NO3. The highest BCUT2D eigenvalue weighted by atomic mass is 19.1. The Hall–Kier alpha value is -2.81. The number of hydrogen-bond donors (Lipinski definition) is 0. The Morgan fingerprint density at radius 3 is 1.95 bits per heavy atom. The molecule has 2 aromatic carbocycles. The van der Waals surface area contributed by atoms with Crippen LogP contribution in [0.2, 0.25) is 0 Å². The Morgan fingerprint density at radius 2 is 1.50 bits per heavy atom. The molecule has 2 aromatic rings. The molecule has 0 aliphatic carbocycles. The van der Waals surface area contributed by atoms with Crippen LogP contribution in [0.5, 0.6) is 17.2 Å². The van der Waals surface area contributed by atoms with E-state index in [1.54, 1.807) is 18.2 Å². The van der Waals surface area contributed by atoms with E-state index in [2.05, 4.69) is 0 Å². The van der Waals surface area contributed by atoms with E-state index in [1.807, 2.05) is 0 Å². The molecule has 22 heavy (non-hydrogen) atoms. The van der Waals surface area contributed by atoms with Crippen molar-refractivity contribution in [2.75, 3.05) is 21.3 Å². The molecular weight excluding hydrogens is 292 g/mol. The smallest absolute Gasteiger partial charge is 0.144 e. The minimum atomic E-state index is -0.947. The largest absolute Gasteiger partial charge is 0.496 e. The summed E-state index contributed by atoms with van der Waals surface area (Å²) in [4.78, 5) is 0. The highest BCUT2D eigenvalue weighted by Crippen LogP contribution is 2.43. The second kappa shape index (κ2) is 6.31. The molecule has 6 heteroatoms. The molecule has 0 aromatic heterocycles. The first kappa shape index (κ1) is 15.6. The monoisotopic (exact) mass is 305 g/mol. The second-order valence-corrected chi connectivity index (χ2v) is 4.33. The van der Waals surface area contributed by atoms with Gasteiger partial charge < -0.3 is 14.2 Å². The summed E-state index contributed by atoms with van der Waals surface area (Å²) in [5.74, 6) is -0.743. The lowest BCUT2D eigenvalue weighted by Gasteiger charge is -2.16. The van der Waals surface area contributed by atoms with Gasteiger partial charge in [-0.3, -0.25) is 0 Å². The van der Waals surface area contributed by atoms with Crippen molar-refractivity contribution in [3.63, 3.8) is 0 Å². The van der Waals surface area contributed by atoms with Gasteiger partial charge in [0.05, 0.1) is 32.5 Å². The molecule has 0 saturated heterocycles. The number of hydrogen-bond acceptors (Lipinski definition) is 4. The Bertz CT molecular complexity index is 729. The molecule has 2 rings (SSSR count). The highest BCUT2D eigenvalue weighted by Gasteiger charge is 2.21. The van der Waals surface area contributed by atoms with Gasteiger partial charge in [-0.05, 0) is 6.07 Å². The third-order valence-corrected chi connectivity index (χ3v) is 3.15. The van der Waals surface area contributed by atoms with E-state index in [0.29, 0.717) is 11.8 Å². The van der Waals surface area contributed by atoms with Gasteiger partial charge in [0.25, 0.3) is 0 Å². The van der Waals surface area contributed by atoms with Crippen molar-refractivity contribution in [2.24, 2.45) is 0 Å². The maximum absolute atomic E-state index is 13.8. The average molecular weight is 305 g/mol. The van der Waals surface area contributed by atoms with Crippen molar-refractivity contribution < 1.29 is 23.0 Å². The van der Waals surface area contributed by atoms with Crippen molar-refractivity contribution in [3.8, 4) is 34.4 Å². The number of rotatable bonds is 4. The standard InChI is InChI=1S/C16H13F2NO3/c1-20-10-6-14(21-2)16(15(7-10)22-3)11-4-9(17)5-13(18)12(11)8-19/h4-7H,1-3H3. The van der Waals surface area contributed by atoms with Crippen LogP contribution in [-0.2, 0) is 0 Å². The molecule has 0 heterocycles. The topological polar surface area (TPSA) is 51.5 Å². The molecule has 0 unspecified atom stereocenters. The number of ether oxygens (including phenoxy) is 3. The van der Waals surface area contributed by atoms with Crippen LogP contribution in [0.25, 0.3) is 11.1 Å². The van der Waals surface area contributed by atoms with Crippen LogP contribution in [0.1, 0.15) is 5.56 Å². The first-order valence-electron chi connectivity index (χ1n) is 6.25. The summed E-state index contributed by atoms with van der Waals surface area (Å²) in [6.07, 6.45) is 0. The van der Waals surface area contributed by atoms with Gasteiger partial charge in [0.2, 0.25) is 0 Å². The number of methoxy groups -OCH3 is 3. The normalized spacial score (nSPS) is 10.0. The van der Waals surface area contributed by atoms with Gasteiger partial charge in [-0.25, -0.2) is 8.78 Å². The Morgan fingerprint density at radius 1 is 0.909 bits per heavy atom. The lowest BCUT2D eigenvalue weighted by atomic mass is 9.97. The fourth-order valence-corrected chi connectivity index (χ4v) is 2.16. The van der Waals surface area contributed by atoms with Gasteiger partial charge in [0.1, 0.15) is 35.0 Å². The van der Waals surface area contributed by atoms with E-state index in [0.717, 1.165) is 6.07 Å². The summed E-state index contributed by atoms with van der Waals surface area (Å²) in [6.45, 7) is 0. The third kappa shape index (κ3) is 2.66. The molecule has 0 radical (unpaired) electrons. The molecule has 0 N–H and O–H groups in total. The fraction of sp³-hybridized carbons (Fsp3) is 0.188. The summed E-state index contributed by atoms with van der Waals surface area (Å²) in [7, 11) is 4.27. The quantitative estimate of drug-likeness (QED) is 0.867. The summed E-state index contributed by atoms with van der Waals surface area (Å²) >= 11 is 0. The third-order valence-electron chi connectivity index (χ3n) is 3.15. The maximum atomic E-state index is 13.8. The van der Waals surface area contributed by atoms with Crippen molar-refractivity contribution in [1.29, 1.82) is 5.26 Å². The minimum Gasteiger partial charge on any atom is -0.496 e. The molecule has 114 valence electrons. The van der Waals surface area contributed by atoms with Crippen molar-refractivity contribution in [1.82, 2.24) is 0 Å². The predicted octanol–water partition coefficient (Wildman–Crippen LogP) is 3.53. The lowest BCUT2D eigenvalue weighted by Crippen LogP contribution is -1.99. The number of halogens is 2. The van der Waals surface area contributed by atoms with Gasteiger partial charge in [-0.2, -0.15) is 5.26 Å². The summed E-state index contributed by atoms with van der Waals surface area (Å²) in [6, 6.07) is 6.54. The molecule has 4 nitrogen and oxygen atoms in total. The van der Waals surface area contributed by atoms with Gasteiger partial charge in [-0.15, -0.1) is 0 Å². The summed E-state index contributed by atoms with van der Waals surface area (Å²) < 4.78 is 43.1. The molecule has 0 bridgehead atoms. The molecule has 0 aliphatic heterocycles. The molecule has 0 amide bonds. The van der Waals surface area contributed by atoms with Crippen molar-refractivity contribution >= 4 is 0 Å². The van der Waals surface area contributed by atoms with E-state index in [-0.39, 0.29) is 28.2 Å². The van der Waals surface area contributed by atoms with Gasteiger partial charge >= 0.3 is 0 Å². The predicted molar refractivity (Wildman–Crippen MR) is 76.2 cm³/mol. The van der Waals surface area contributed by atoms with Crippen LogP contribution < -0.4 is 14.2 Å². The average Bonchev–Trinajstić information content (AvgIpc) is 2.52. The number of nitriles is 1. The van der Waals surface area contributed by atoms with Crippen LogP contribution in [0, 0.1) is 23.0 Å². The SMILES string of the molecule is COc1cc(OC)c(-c2cc(F)cc(F)c2C#N)c(OC)c1. The zero-order valence-corrected chi connectivity index (χ0v) is 12.2. The first-order chi connectivity index (χ1) is 10.5. The molecule has 0 fully saturated rings. The number of nitrogens with zero attached hydrogens (tertiary/aromatic N) is 1. The van der Waals surface area contributed by atoms with E-state index >= 15 is 0 Å².